The van der Waals surface area contributed by atoms with Crippen LogP contribution in [0.15, 0.2) is 47.4 Å². The summed E-state index contributed by atoms with van der Waals surface area (Å²) in [5, 5.41) is 9.97. The summed E-state index contributed by atoms with van der Waals surface area (Å²) < 4.78 is 0. The zero-order chi connectivity index (χ0) is 11.5. The summed E-state index contributed by atoms with van der Waals surface area (Å²) in [5.41, 5.74) is 3.03. The third-order valence-corrected chi connectivity index (χ3v) is 3.10. The van der Waals surface area contributed by atoms with Crippen molar-refractivity contribution in [1.29, 1.82) is 0 Å². The number of rotatable bonds is 2. The van der Waals surface area contributed by atoms with Crippen LogP contribution in [0.25, 0.3) is 11.1 Å². The maximum Gasteiger partial charge on any atom is 0.123 e. The van der Waals surface area contributed by atoms with Crippen molar-refractivity contribution in [1.82, 2.24) is 0 Å². The molecule has 2 rings (SSSR count). The second kappa shape index (κ2) is 4.62. The van der Waals surface area contributed by atoms with Crippen LogP contribution in [0, 0.1) is 0 Å². The highest BCUT2D eigenvalue weighted by Crippen LogP contribution is 2.36. The smallest absolute Gasteiger partial charge is 0.123 e. The highest BCUT2D eigenvalue weighted by Gasteiger charge is 2.11. The predicted octanol–water partition coefficient (Wildman–Crippen LogP) is 3.91. The summed E-state index contributed by atoms with van der Waals surface area (Å²) in [7, 11) is 0. The average molecular weight is 230 g/mol. The van der Waals surface area contributed by atoms with E-state index >= 15 is 0 Å². The van der Waals surface area contributed by atoms with Crippen LogP contribution in [0.2, 0.25) is 0 Å². The Bertz CT molecular complexity index is 492. The van der Waals surface area contributed by atoms with Gasteiger partial charge in [0.2, 0.25) is 0 Å². The van der Waals surface area contributed by atoms with E-state index in [1.165, 1.54) is 0 Å². The molecule has 0 fully saturated rings. The number of phenolic OH excluding ortho intramolecular Hbond substituents is 1. The number of benzene rings is 2. The van der Waals surface area contributed by atoms with E-state index in [1.54, 1.807) is 6.07 Å². The topological polar surface area (TPSA) is 20.2 Å². The van der Waals surface area contributed by atoms with Gasteiger partial charge in [-0.2, -0.15) is 0 Å². The van der Waals surface area contributed by atoms with Gasteiger partial charge in [-0.3, -0.25) is 0 Å². The van der Waals surface area contributed by atoms with E-state index in [4.69, 9.17) is 0 Å². The zero-order valence-electron chi connectivity index (χ0n) is 9.14. The molecule has 2 aromatic rings. The van der Waals surface area contributed by atoms with Gasteiger partial charge in [0.1, 0.15) is 5.75 Å². The molecule has 0 aliphatic carbocycles. The lowest BCUT2D eigenvalue weighted by molar-refractivity contribution is 0.476. The van der Waals surface area contributed by atoms with Crippen molar-refractivity contribution in [3.63, 3.8) is 0 Å². The minimum Gasteiger partial charge on any atom is -0.507 e. The maximum atomic E-state index is 9.97. The highest BCUT2D eigenvalue weighted by atomic mass is 32.1. The summed E-state index contributed by atoms with van der Waals surface area (Å²) in [6.07, 6.45) is 0.859. The fourth-order valence-corrected chi connectivity index (χ4v) is 2.25. The molecule has 0 aliphatic heterocycles. The molecule has 0 radical (unpaired) electrons. The van der Waals surface area contributed by atoms with Crippen LogP contribution in [0.5, 0.6) is 5.75 Å². The number of phenols is 1. The molecular formula is C14H14OS. The summed E-state index contributed by atoms with van der Waals surface area (Å²) >= 11 is 4.43. The molecule has 0 bridgehead atoms. The van der Waals surface area contributed by atoms with Crippen molar-refractivity contribution in [3.05, 3.63) is 48.0 Å². The molecule has 0 amide bonds. The Labute approximate surface area is 101 Å². The van der Waals surface area contributed by atoms with Gasteiger partial charge >= 0.3 is 0 Å². The normalized spacial score (nSPS) is 10.4. The monoisotopic (exact) mass is 230 g/mol. The quantitative estimate of drug-likeness (QED) is 0.749. The van der Waals surface area contributed by atoms with E-state index in [9.17, 15) is 5.11 Å². The maximum absolute atomic E-state index is 9.97. The Hall–Kier alpha value is -1.41. The summed E-state index contributed by atoms with van der Waals surface area (Å²) in [4.78, 5) is 0.930. The lowest BCUT2D eigenvalue weighted by atomic mass is 9.97. The van der Waals surface area contributed by atoms with Gasteiger partial charge in [-0.15, -0.1) is 12.6 Å². The van der Waals surface area contributed by atoms with Gasteiger partial charge in [0.15, 0.2) is 0 Å². The van der Waals surface area contributed by atoms with Gasteiger partial charge in [-0.25, -0.2) is 0 Å². The first-order valence-corrected chi connectivity index (χ1v) is 5.78. The van der Waals surface area contributed by atoms with Crippen molar-refractivity contribution in [3.8, 4) is 16.9 Å². The molecule has 0 saturated carbocycles. The van der Waals surface area contributed by atoms with E-state index in [2.05, 4.69) is 19.6 Å². The number of aromatic hydroxyl groups is 1. The molecule has 82 valence electrons. The molecule has 0 aromatic heterocycles. The Morgan fingerprint density at radius 3 is 2.38 bits per heavy atom. The summed E-state index contributed by atoms with van der Waals surface area (Å²) in [6, 6.07) is 13.5. The fourth-order valence-electron chi connectivity index (χ4n) is 1.91. The van der Waals surface area contributed by atoms with Gasteiger partial charge in [0.05, 0.1) is 0 Å². The third-order valence-electron chi connectivity index (χ3n) is 2.68. The Morgan fingerprint density at radius 1 is 1.06 bits per heavy atom. The van der Waals surface area contributed by atoms with Crippen LogP contribution in [0.3, 0.4) is 0 Å². The second-order valence-corrected chi connectivity index (χ2v) is 4.16. The van der Waals surface area contributed by atoms with Crippen molar-refractivity contribution >= 4 is 12.6 Å². The largest absolute Gasteiger partial charge is 0.507 e. The molecule has 2 heteroatoms. The Balaban J connectivity index is 2.68. The highest BCUT2D eigenvalue weighted by molar-refractivity contribution is 7.80. The molecule has 16 heavy (non-hydrogen) atoms. The SMILES string of the molecule is CCc1c(S)ccc(O)c1-c1ccccc1. The van der Waals surface area contributed by atoms with E-state index in [0.717, 1.165) is 28.0 Å². The molecule has 0 atom stereocenters. The number of thiol groups is 1. The first-order valence-electron chi connectivity index (χ1n) is 5.33. The first kappa shape index (κ1) is 11.1. The fraction of sp³-hybridized carbons (Fsp3) is 0.143. The lowest BCUT2D eigenvalue weighted by Gasteiger charge is -2.12. The van der Waals surface area contributed by atoms with Gasteiger partial charge in [0, 0.05) is 10.5 Å². The van der Waals surface area contributed by atoms with Crippen molar-refractivity contribution in [2.24, 2.45) is 0 Å². The van der Waals surface area contributed by atoms with Crippen molar-refractivity contribution < 1.29 is 5.11 Å². The molecule has 0 unspecified atom stereocenters. The van der Waals surface area contributed by atoms with Crippen LogP contribution >= 0.6 is 12.6 Å². The minimum atomic E-state index is 0.320. The van der Waals surface area contributed by atoms with Gasteiger partial charge < -0.3 is 5.11 Å². The molecule has 1 nitrogen and oxygen atoms in total. The zero-order valence-corrected chi connectivity index (χ0v) is 10.0. The van der Waals surface area contributed by atoms with E-state index in [-0.39, 0.29) is 0 Å². The minimum absolute atomic E-state index is 0.320. The van der Waals surface area contributed by atoms with Gasteiger partial charge in [0.25, 0.3) is 0 Å². The summed E-state index contributed by atoms with van der Waals surface area (Å²) in [5.74, 6) is 0.320. The van der Waals surface area contributed by atoms with Crippen LogP contribution in [0.4, 0.5) is 0 Å². The third kappa shape index (κ3) is 1.93. The molecule has 1 N–H and O–H groups in total. The van der Waals surface area contributed by atoms with Crippen molar-refractivity contribution in [2.45, 2.75) is 18.2 Å². The standard InChI is InChI=1S/C14H14OS/c1-2-11-13(16)9-8-12(15)14(11)10-6-4-3-5-7-10/h3-9,15-16H,2H2,1H3. The number of hydrogen-bond donors (Lipinski definition) is 2. The van der Waals surface area contributed by atoms with Crippen LogP contribution in [-0.2, 0) is 6.42 Å². The molecule has 0 saturated heterocycles. The van der Waals surface area contributed by atoms with E-state index < -0.39 is 0 Å². The van der Waals surface area contributed by atoms with Crippen LogP contribution < -0.4 is 0 Å². The second-order valence-electron chi connectivity index (χ2n) is 3.68. The molecule has 0 aliphatic rings. The summed E-state index contributed by atoms with van der Waals surface area (Å²) in [6.45, 7) is 2.07. The molecule has 0 heterocycles. The molecular weight excluding hydrogens is 216 g/mol. The van der Waals surface area contributed by atoms with Crippen molar-refractivity contribution in [2.75, 3.05) is 0 Å². The van der Waals surface area contributed by atoms with Crippen LogP contribution in [0.1, 0.15) is 12.5 Å². The molecule has 2 aromatic carbocycles. The van der Waals surface area contributed by atoms with E-state index in [0.29, 0.717) is 5.75 Å². The van der Waals surface area contributed by atoms with Gasteiger partial charge in [-0.05, 0) is 29.7 Å². The lowest BCUT2D eigenvalue weighted by Crippen LogP contribution is -1.90. The van der Waals surface area contributed by atoms with Crippen LogP contribution in [-0.4, -0.2) is 5.11 Å². The molecule has 0 spiro atoms. The van der Waals surface area contributed by atoms with Gasteiger partial charge in [-0.1, -0.05) is 37.3 Å². The Morgan fingerprint density at radius 2 is 1.75 bits per heavy atom. The number of hydrogen-bond acceptors (Lipinski definition) is 2. The van der Waals surface area contributed by atoms with E-state index in [1.807, 2.05) is 36.4 Å². The Kier molecular flexibility index (Phi) is 3.20. The first-order chi connectivity index (χ1) is 7.74. The average Bonchev–Trinajstić information content (AvgIpc) is 2.33. The predicted molar refractivity (Wildman–Crippen MR) is 70.2 cm³/mol.